The van der Waals surface area contributed by atoms with Crippen molar-refractivity contribution in [1.82, 2.24) is 14.7 Å². The lowest BCUT2D eigenvalue weighted by molar-refractivity contribution is -0.0779. The van der Waals surface area contributed by atoms with Crippen molar-refractivity contribution in [1.29, 1.82) is 0 Å². The molecule has 0 aliphatic carbocycles. The summed E-state index contributed by atoms with van der Waals surface area (Å²) in [7, 11) is 4.00. The van der Waals surface area contributed by atoms with Gasteiger partial charge in [-0.1, -0.05) is 0 Å². The monoisotopic (exact) mass is 253 g/mol. The van der Waals surface area contributed by atoms with Crippen LogP contribution < -0.4 is 0 Å². The van der Waals surface area contributed by atoms with E-state index in [1.165, 1.54) is 5.69 Å². The summed E-state index contributed by atoms with van der Waals surface area (Å²) in [5.41, 5.74) is 1.61. The van der Waals surface area contributed by atoms with Gasteiger partial charge in [0.2, 0.25) is 0 Å². The second-order valence-electron chi connectivity index (χ2n) is 5.41. The maximum atomic E-state index is 10.5. The first-order chi connectivity index (χ1) is 8.48. The topological polar surface area (TPSA) is 50.5 Å². The summed E-state index contributed by atoms with van der Waals surface area (Å²) < 4.78 is 7.20. The fourth-order valence-electron chi connectivity index (χ4n) is 2.56. The predicted molar refractivity (Wildman–Crippen MR) is 69.3 cm³/mol. The summed E-state index contributed by atoms with van der Waals surface area (Å²) in [5, 5.41) is 14.8. The highest BCUT2D eigenvalue weighted by molar-refractivity contribution is 5.08. The lowest BCUT2D eigenvalue weighted by Crippen LogP contribution is -2.45. The zero-order valence-corrected chi connectivity index (χ0v) is 11.5. The highest BCUT2D eigenvalue weighted by Gasteiger charge is 2.31. The van der Waals surface area contributed by atoms with Crippen molar-refractivity contribution in [2.45, 2.75) is 31.9 Å². The van der Waals surface area contributed by atoms with Crippen molar-refractivity contribution >= 4 is 0 Å². The number of aryl methyl sites for hydroxylation is 2. The molecule has 18 heavy (non-hydrogen) atoms. The molecule has 0 spiro atoms. The van der Waals surface area contributed by atoms with Crippen LogP contribution >= 0.6 is 0 Å². The third kappa shape index (κ3) is 3.31. The van der Waals surface area contributed by atoms with E-state index in [2.05, 4.69) is 16.1 Å². The Kier molecular flexibility index (Phi) is 4.04. The Morgan fingerprint density at radius 2 is 2.17 bits per heavy atom. The van der Waals surface area contributed by atoms with E-state index in [0.717, 1.165) is 25.1 Å². The number of likely N-dealkylation sites (N-methyl/N-ethyl adjacent to an activating group) is 1. The molecule has 1 saturated heterocycles. The third-order valence-corrected chi connectivity index (χ3v) is 3.52. The van der Waals surface area contributed by atoms with Crippen LogP contribution in [-0.4, -0.2) is 52.2 Å². The van der Waals surface area contributed by atoms with Gasteiger partial charge in [0.1, 0.15) is 0 Å². The molecule has 102 valence electrons. The summed E-state index contributed by atoms with van der Waals surface area (Å²) in [5.74, 6) is 0. The molecule has 2 rings (SSSR count). The van der Waals surface area contributed by atoms with Crippen LogP contribution in [0.2, 0.25) is 0 Å². The molecule has 0 aromatic carbocycles. The quantitative estimate of drug-likeness (QED) is 0.858. The molecule has 1 fully saturated rings. The fourth-order valence-corrected chi connectivity index (χ4v) is 2.56. The Morgan fingerprint density at radius 1 is 1.50 bits per heavy atom. The van der Waals surface area contributed by atoms with Gasteiger partial charge in [0.25, 0.3) is 0 Å². The number of hydrogen-bond donors (Lipinski definition) is 1. The zero-order chi connectivity index (χ0) is 13.2. The summed E-state index contributed by atoms with van der Waals surface area (Å²) in [4.78, 5) is 2.15. The van der Waals surface area contributed by atoms with Gasteiger partial charge in [0.15, 0.2) is 0 Å². The molecule has 1 aromatic rings. The van der Waals surface area contributed by atoms with E-state index in [1.54, 1.807) is 0 Å². The molecule has 0 unspecified atom stereocenters. The molecule has 0 atom stereocenters. The van der Waals surface area contributed by atoms with Gasteiger partial charge in [0.05, 0.1) is 17.0 Å². The lowest BCUT2D eigenvalue weighted by atomic mass is 9.94. The minimum Gasteiger partial charge on any atom is -0.388 e. The molecule has 0 saturated carbocycles. The van der Waals surface area contributed by atoms with Crippen molar-refractivity contribution in [3.8, 4) is 0 Å². The molecular weight excluding hydrogens is 230 g/mol. The van der Waals surface area contributed by atoms with E-state index in [4.69, 9.17) is 4.74 Å². The van der Waals surface area contributed by atoms with Crippen LogP contribution in [0.5, 0.6) is 0 Å². The highest BCUT2D eigenvalue weighted by atomic mass is 16.5. The molecule has 0 radical (unpaired) electrons. The maximum absolute atomic E-state index is 10.5. The predicted octanol–water partition coefficient (Wildman–Crippen LogP) is 0.702. The standard InChI is InChI=1S/C13H23N3O2/c1-11-8-12(16(3)14-11)9-15(2)10-13(17)4-6-18-7-5-13/h8,17H,4-7,9-10H2,1-3H3. The van der Waals surface area contributed by atoms with Crippen LogP contribution in [0.4, 0.5) is 0 Å². The smallest absolute Gasteiger partial charge is 0.0817 e. The molecule has 2 heterocycles. The first-order valence-corrected chi connectivity index (χ1v) is 6.47. The Balaban J connectivity index is 1.91. The Morgan fingerprint density at radius 3 is 2.72 bits per heavy atom. The average molecular weight is 253 g/mol. The fraction of sp³-hybridized carbons (Fsp3) is 0.769. The summed E-state index contributed by atoms with van der Waals surface area (Å²) >= 11 is 0. The number of nitrogens with zero attached hydrogens (tertiary/aromatic N) is 3. The first-order valence-electron chi connectivity index (χ1n) is 6.47. The van der Waals surface area contributed by atoms with Crippen molar-refractivity contribution in [2.75, 3.05) is 26.8 Å². The molecule has 0 bridgehead atoms. The molecule has 1 aliphatic rings. The number of aromatic nitrogens is 2. The largest absolute Gasteiger partial charge is 0.388 e. The van der Waals surface area contributed by atoms with Gasteiger partial charge >= 0.3 is 0 Å². The molecule has 5 heteroatoms. The Bertz CT molecular complexity index is 397. The van der Waals surface area contributed by atoms with E-state index in [-0.39, 0.29) is 0 Å². The lowest BCUT2D eigenvalue weighted by Gasteiger charge is -2.35. The van der Waals surface area contributed by atoms with Gasteiger partial charge < -0.3 is 9.84 Å². The number of hydrogen-bond acceptors (Lipinski definition) is 4. The van der Waals surface area contributed by atoms with Gasteiger partial charge in [-0.15, -0.1) is 0 Å². The minimum absolute atomic E-state index is 0.597. The second-order valence-corrected chi connectivity index (χ2v) is 5.41. The average Bonchev–Trinajstić information content (AvgIpc) is 2.57. The van der Waals surface area contributed by atoms with E-state index in [1.807, 2.05) is 25.7 Å². The molecule has 1 aromatic heterocycles. The SMILES string of the molecule is Cc1cc(CN(C)CC2(O)CCOCC2)n(C)n1. The summed E-state index contributed by atoms with van der Waals surface area (Å²) in [6.45, 7) is 4.81. The number of aliphatic hydroxyl groups is 1. The van der Waals surface area contributed by atoms with Crippen LogP contribution in [0.25, 0.3) is 0 Å². The minimum atomic E-state index is -0.597. The van der Waals surface area contributed by atoms with Crippen molar-refractivity contribution in [2.24, 2.45) is 7.05 Å². The van der Waals surface area contributed by atoms with Crippen LogP contribution in [0, 0.1) is 6.92 Å². The van der Waals surface area contributed by atoms with E-state index in [9.17, 15) is 5.11 Å². The van der Waals surface area contributed by atoms with Crippen LogP contribution in [0.1, 0.15) is 24.2 Å². The van der Waals surface area contributed by atoms with Gasteiger partial charge in [-0.3, -0.25) is 9.58 Å². The van der Waals surface area contributed by atoms with Crippen molar-refractivity contribution in [3.05, 3.63) is 17.5 Å². The van der Waals surface area contributed by atoms with Crippen LogP contribution in [0.3, 0.4) is 0 Å². The molecular formula is C13H23N3O2. The number of rotatable bonds is 4. The third-order valence-electron chi connectivity index (χ3n) is 3.52. The van der Waals surface area contributed by atoms with Gasteiger partial charge in [-0.05, 0) is 20.0 Å². The van der Waals surface area contributed by atoms with E-state index < -0.39 is 5.60 Å². The highest BCUT2D eigenvalue weighted by Crippen LogP contribution is 2.21. The van der Waals surface area contributed by atoms with E-state index >= 15 is 0 Å². The first kappa shape index (κ1) is 13.5. The Labute approximate surface area is 108 Å². The molecule has 5 nitrogen and oxygen atoms in total. The van der Waals surface area contributed by atoms with Crippen molar-refractivity contribution in [3.63, 3.8) is 0 Å². The van der Waals surface area contributed by atoms with Gasteiger partial charge in [-0.2, -0.15) is 5.10 Å². The van der Waals surface area contributed by atoms with Crippen molar-refractivity contribution < 1.29 is 9.84 Å². The van der Waals surface area contributed by atoms with Gasteiger partial charge in [-0.25, -0.2) is 0 Å². The molecule has 0 amide bonds. The second kappa shape index (κ2) is 5.38. The molecule has 1 N–H and O–H groups in total. The Hall–Kier alpha value is -0.910. The summed E-state index contributed by atoms with van der Waals surface area (Å²) in [6, 6.07) is 2.09. The van der Waals surface area contributed by atoms with Gasteiger partial charge in [0, 0.05) is 46.2 Å². The summed E-state index contributed by atoms with van der Waals surface area (Å²) in [6.07, 6.45) is 1.45. The van der Waals surface area contributed by atoms with E-state index in [0.29, 0.717) is 19.8 Å². The number of ether oxygens (including phenoxy) is 1. The van der Waals surface area contributed by atoms with Crippen LogP contribution in [-0.2, 0) is 18.3 Å². The van der Waals surface area contributed by atoms with Crippen LogP contribution in [0.15, 0.2) is 6.07 Å². The zero-order valence-electron chi connectivity index (χ0n) is 11.5. The normalized spacial score (nSPS) is 19.4. The molecule has 1 aliphatic heterocycles. The maximum Gasteiger partial charge on any atom is 0.0817 e.